The number of likely N-dealkylation sites (tertiary alicyclic amines) is 1. The molecule has 168 valence electrons. The van der Waals surface area contributed by atoms with Crippen molar-refractivity contribution >= 4 is 17.4 Å². The summed E-state index contributed by atoms with van der Waals surface area (Å²) < 4.78 is 11.4. The number of aromatic nitrogens is 1. The Balaban J connectivity index is 1.49. The van der Waals surface area contributed by atoms with Gasteiger partial charge in [0.2, 0.25) is 5.91 Å². The molecule has 2 N–H and O–H groups in total. The second-order valence-electron chi connectivity index (χ2n) is 8.50. The van der Waals surface area contributed by atoms with Gasteiger partial charge < -0.3 is 20.1 Å². The van der Waals surface area contributed by atoms with Gasteiger partial charge in [-0.2, -0.15) is 0 Å². The van der Waals surface area contributed by atoms with E-state index in [1.807, 2.05) is 18.2 Å². The first-order valence-corrected chi connectivity index (χ1v) is 10.9. The minimum Gasteiger partial charge on any atom is -0.493 e. The average Bonchev–Trinajstić information content (AvgIpc) is 2.75. The van der Waals surface area contributed by atoms with Gasteiger partial charge in [-0.25, -0.2) is 4.98 Å². The van der Waals surface area contributed by atoms with Gasteiger partial charge in [-0.15, -0.1) is 0 Å². The van der Waals surface area contributed by atoms with Crippen LogP contribution in [0.15, 0.2) is 36.5 Å². The molecule has 0 bridgehead atoms. The van der Waals surface area contributed by atoms with Gasteiger partial charge >= 0.3 is 0 Å². The van der Waals surface area contributed by atoms with Crippen LogP contribution in [-0.2, 0) is 11.3 Å². The first-order valence-electron chi connectivity index (χ1n) is 10.9. The van der Waals surface area contributed by atoms with Crippen LogP contribution in [0, 0.1) is 5.92 Å². The monoisotopic (exact) mass is 426 g/mol. The summed E-state index contributed by atoms with van der Waals surface area (Å²) >= 11 is 0. The Hall–Kier alpha value is -2.80. The molecular weight excluding hydrogens is 392 g/mol. The molecule has 1 aromatic heterocycles. The van der Waals surface area contributed by atoms with E-state index in [9.17, 15) is 4.79 Å². The third-order valence-electron chi connectivity index (χ3n) is 5.23. The molecule has 31 heavy (non-hydrogen) atoms. The minimum atomic E-state index is -0.115. The number of ether oxygens (including phenoxy) is 2. The number of carbonyl (C=O) groups excluding carboxylic acids is 1. The molecule has 2 heterocycles. The van der Waals surface area contributed by atoms with E-state index in [0.717, 1.165) is 49.7 Å². The highest BCUT2D eigenvalue weighted by atomic mass is 16.5. The van der Waals surface area contributed by atoms with Crippen LogP contribution < -0.4 is 20.1 Å². The van der Waals surface area contributed by atoms with E-state index in [1.54, 1.807) is 13.3 Å². The zero-order valence-electron chi connectivity index (χ0n) is 19.0. The lowest BCUT2D eigenvalue weighted by Gasteiger charge is -2.33. The van der Waals surface area contributed by atoms with Crippen molar-refractivity contribution in [2.75, 3.05) is 37.4 Å². The van der Waals surface area contributed by atoms with E-state index in [4.69, 9.17) is 9.47 Å². The van der Waals surface area contributed by atoms with Crippen molar-refractivity contribution < 1.29 is 14.3 Å². The van der Waals surface area contributed by atoms with Crippen molar-refractivity contribution in [2.24, 2.45) is 5.92 Å². The van der Waals surface area contributed by atoms with Gasteiger partial charge in [0.1, 0.15) is 5.82 Å². The van der Waals surface area contributed by atoms with Crippen LogP contribution in [0.1, 0.15) is 39.2 Å². The van der Waals surface area contributed by atoms with E-state index in [2.05, 4.69) is 46.5 Å². The average molecular weight is 427 g/mol. The van der Waals surface area contributed by atoms with Gasteiger partial charge in [-0.1, -0.05) is 19.9 Å². The summed E-state index contributed by atoms with van der Waals surface area (Å²) in [7, 11) is 1.68. The molecule has 7 heteroatoms. The van der Waals surface area contributed by atoms with Crippen LogP contribution in [0.3, 0.4) is 0 Å². The number of carbonyl (C=O) groups is 1. The summed E-state index contributed by atoms with van der Waals surface area (Å²) in [6.07, 6.45) is 3.91. The SMILES string of the molecule is COc1ccc(CN2CCC(Nc3ccc(NC(C)=O)nc3)CC2)cc1OCC(C)C. The van der Waals surface area contributed by atoms with Crippen LogP contribution in [0.25, 0.3) is 0 Å². The lowest BCUT2D eigenvalue weighted by molar-refractivity contribution is -0.114. The van der Waals surface area contributed by atoms with Crippen LogP contribution >= 0.6 is 0 Å². The maximum atomic E-state index is 11.1. The highest BCUT2D eigenvalue weighted by molar-refractivity contribution is 5.87. The van der Waals surface area contributed by atoms with Crippen LogP contribution in [0.4, 0.5) is 11.5 Å². The number of hydrogen-bond donors (Lipinski definition) is 2. The molecule has 0 unspecified atom stereocenters. The third kappa shape index (κ3) is 7.14. The lowest BCUT2D eigenvalue weighted by Crippen LogP contribution is -2.38. The fraction of sp³-hybridized carbons (Fsp3) is 0.500. The Morgan fingerprint density at radius 1 is 1.19 bits per heavy atom. The number of nitrogens with zero attached hydrogens (tertiary/aromatic N) is 2. The zero-order chi connectivity index (χ0) is 22.2. The van der Waals surface area contributed by atoms with Crippen LogP contribution in [0.5, 0.6) is 11.5 Å². The smallest absolute Gasteiger partial charge is 0.222 e. The van der Waals surface area contributed by atoms with Crippen molar-refractivity contribution in [2.45, 2.75) is 46.2 Å². The molecule has 0 atom stereocenters. The van der Waals surface area contributed by atoms with Gasteiger partial charge in [0.25, 0.3) is 0 Å². The van der Waals surface area contributed by atoms with Crippen LogP contribution in [-0.4, -0.2) is 48.6 Å². The number of piperidine rings is 1. The molecule has 0 radical (unpaired) electrons. The largest absolute Gasteiger partial charge is 0.493 e. The number of methoxy groups -OCH3 is 1. The van der Waals surface area contributed by atoms with Crippen molar-refractivity contribution in [1.29, 1.82) is 0 Å². The summed E-state index contributed by atoms with van der Waals surface area (Å²) in [5.41, 5.74) is 2.22. The molecule has 1 aliphatic rings. The van der Waals surface area contributed by atoms with Crippen molar-refractivity contribution in [3.63, 3.8) is 0 Å². The highest BCUT2D eigenvalue weighted by Gasteiger charge is 2.20. The van der Waals surface area contributed by atoms with Gasteiger partial charge in [0.15, 0.2) is 11.5 Å². The van der Waals surface area contributed by atoms with Crippen molar-refractivity contribution in [1.82, 2.24) is 9.88 Å². The number of benzene rings is 1. The molecule has 1 amide bonds. The first kappa shape index (κ1) is 22.9. The Bertz CT molecular complexity index is 846. The Morgan fingerprint density at radius 2 is 1.97 bits per heavy atom. The molecule has 0 spiro atoms. The van der Waals surface area contributed by atoms with E-state index in [-0.39, 0.29) is 5.91 Å². The minimum absolute atomic E-state index is 0.115. The number of rotatable bonds is 9. The number of hydrogen-bond acceptors (Lipinski definition) is 6. The molecule has 2 aromatic rings. The Morgan fingerprint density at radius 3 is 2.58 bits per heavy atom. The highest BCUT2D eigenvalue weighted by Crippen LogP contribution is 2.29. The molecule has 1 fully saturated rings. The summed E-state index contributed by atoms with van der Waals surface area (Å²) in [6.45, 7) is 9.41. The second kappa shape index (κ2) is 11.0. The number of amides is 1. The summed E-state index contributed by atoms with van der Waals surface area (Å²) in [4.78, 5) is 17.9. The molecule has 3 rings (SSSR count). The van der Waals surface area contributed by atoms with Crippen LogP contribution in [0.2, 0.25) is 0 Å². The fourth-order valence-corrected chi connectivity index (χ4v) is 3.65. The van der Waals surface area contributed by atoms with E-state index >= 15 is 0 Å². The molecule has 1 aromatic carbocycles. The maximum absolute atomic E-state index is 11.1. The molecule has 0 aliphatic carbocycles. The third-order valence-corrected chi connectivity index (χ3v) is 5.23. The Kier molecular flexibility index (Phi) is 8.12. The second-order valence-corrected chi connectivity index (χ2v) is 8.50. The summed E-state index contributed by atoms with van der Waals surface area (Å²) in [5.74, 6) is 2.53. The van der Waals surface area contributed by atoms with Gasteiger partial charge in [0, 0.05) is 32.6 Å². The van der Waals surface area contributed by atoms with E-state index in [0.29, 0.717) is 24.4 Å². The number of anilines is 2. The lowest BCUT2D eigenvalue weighted by atomic mass is 10.0. The molecule has 0 saturated carbocycles. The Labute approximate surface area is 185 Å². The predicted octanol–water partition coefficient (Wildman–Crippen LogP) is 4.16. The van der Waals surface area contributed by atoms with Crippen molar-refractivity contribution in [3.05, 3.63) is 42.1 Å². The summed E-state index contributed by atoms with van der Waals surface area (Å²) in [6, 6.07) is 10.4. The molecule has 1 aliphatic heterocycles. The van der Waals surface area contributed by atoms with Gasteiger partial charge in [-0.3, -0.25) is 9.69 Å². The standard InChI is InChI=1S/C24H34N4O3/c1-17(2)16-31-23-13-19(5-7-22(23)30-4)15-28-11-9-20(10-12-28)27-21-6-8-24(25-14-21)26-18(3)29/h5-8,13-14,17,20,27H,9-12,15-16H2,1-4H3,(H,25,26,29). The predicted molar refractivity (Wildman–Crippen MR) is 124 cm³/mol. The maximum Gasteiger partial charge on any atom is 0.222 e. The summed E-state index contributed by atoms with van der Waals surface area (Å²) in [5, 5.41) is 6.25. The number of pyridine rings is 1. The van der Waals surface area contributed by atoms with Gasteiger partial charge in [0.05, 0.1) is 25.6 Å². The topological polar surface area (TPSA) is 75.7 Å². The van der Waals surface area contributed by atoms with Gasteiger partial charge in [-0.05, 0) is 48.6 Å². The fourth-order valence-electron chi connectivity index (χ4n) is 3.65. The molecular formula is C24H34N4O3. The molecule has 7 nitrogen and oxygen atoms in total. The molecule has 1 saturated heterocycles. The van der Waals surface area contributed by atoms with E-state index < -0.39 is 0 Å². The zero-order valence-corrected chi connectivity index (χ0v) is 19.0. The first-order chi connectivity index (χ1) is 14.9. The van der Waals surface area contributed by atoms with E-state index in [1.165, 1.54) is 12.5 Å². The number of nitrogens with one attached hydrogen (secondary N) is 2. The normalized spacial score (nSPS) is 15.0. The van der Waals surface area contributed by atoms with Crippen molar-refractivity contribution in [3.8, 4) is 11.5 Å². The quantitative estimate of drug-likeness (QED) is 0.627.